The first-order chi connectivity index (χ1) is 10.2. The number of H-pyrrole nitrogens is 1. The van der Waals surface area contributed by atoms with Crippen LogP contribution >= 0.6 is 0 Å². The fourth-order valence-corrected chi connectivity index (χ4v) is 2.68. The van der Waals surface area contributed by atoms with E-state index in [2.05, 4.69) is 15.1 Å². The average molecular weight is 291 g/mol. The van der Waals surface area contributed by atoms with Crippen molar-refractivity contribution in [2.24, 2.45) is 0 Å². The Kier molecular flexibility index (Phi) is 3.70. The first-order valence-electron chi connectivity index (χ1n) is 7.02. The summed E-state index contributed by atoms with van der Waals surface area (Å²) in [6.45, 7) is 3.42. The summed E-state index contributed by atoms with van der Waals surface area (Å²) in [4.78, 5) is 34.1. The van der Waals surface area contributed by atoms with Gasteiger partial charge in [0.2, 0.25) is 0 Å². The van der Waals surface area contributed by atoms with Gasteiger partial charge in [0, 0.05) is 12.6 Å². The molecule has 1 saturated heterocycles. The Morgan fingerprint density at radius 3 is 3.24 bits per heavy atom. The van der Waals surface area contributed by atoms with Crippen molar-refractivity contribution < 1.29 is 9.53 Å². The van der Waals surface area contributed by atoms with E-state index in [9.17, 15) is 9.59 Å². The van der Waals surface area contributed by atoms with Crippen LogP contribution in [0.1, 0.15) is 25.5 Å². The highest BCUT2D eigenvalue weighted by Crippen LogP contribution is 2.20. The molecule has 2 aromatic rings. The minimum absolute atomic E-state index is 0.201. The molecule has 0 aromatic carbocycles. The molecule has 1 N–H and O–H groups in total. The highest BCUT2D eigenvalue weighted by atomic mass is 16.5. The van der Waals surface area contributed by atoms with Crippen LogP contribution < -0.4 is 5.56 Å². The van der Waals surface area contributed by atoms with Crippen LogP contribution in [0.2, 0.25) is 0 Å². The number of carbonyl (C=O) groups excluding carboxylic acids is 1. The molecule has 1 aliphatic heterocycles. The number of carbonyl (C=O) groups is 1. The van der Waals surface area contributed by atoms with E-state index < -0.39 is 0 Å². The number of hydrogen-bond donors (Lipinski definition) is 1. The van der Waals surface area contributed by atoms with Gasteiger partial charge in [-0.1, -0.05) is 0 Å². The molecule has 3 rings (SSSR count). The van der Waals surface area contributed by atoms with Gasteiger partial charge in [-0.2, -0.15) is 4.52 Å². The number of esters is 1. The highest BCUT2D eigenvalue weighted by Gasteiger charge is 2.32. The number of likely N-dealkylation sites (tertiary alicyclic amines) is 1. The van der Waals surface area contributed by atoms with Crippen molar-refractivity contribution >= 4 is 11.7 Å². The van der Waals surface area contributed by atoms with Crippen molar-refractivity contribution in [2.45, 2.75) is 32.4 Å². The topological polar surface area (TPSA) is 92.6 Å². The predicted molar refractivity (Wildman–Crippen MR) is 73.7 cm³/mol. The van der Waals surface area contributed by atoms with Crippen molar-refractivity contribution in [3.8, 4) is 0 Å². The Bertz CT molecular complexity index is 707. The zero-order valence-corrected chi connectivity index (χ0v) is 11.8. The number of hydrogen-bond acceptors (Lipinski definition) is 6. The fraction of sp³-hybridized carbons (Fsp3) is 0.538. The standard InChI is InChI=1S/C13H17N5O3/c1-2-21-12(20)10-4-3-5-17(10)7-9-6-11(19)18-13(16-9)14-8-15-18/h6,8,10H,2-5,7H2,1H3,(H,14,15,16). The number of nitrogens with zero attached hydrogens (tertiary/aromatic N) is 4. The van der Waals surface area contributed by atoms with Crippen molar-refractivity contribution in [3.05, 3.63) is 28.4 Å². The van der Waals surface area contributed by atoms with Crippen molar-refractivity contribution in [1.29, 1.82) is 0 Å². The SMILES string of the molecule is CCOC(=O)C1CCCN1Cc1cc(=O)n2[nH]cnc2n1. The third kappa shape index (κ3) is 2.66. The Morgan fingerprint density at radius 2 is 2.43 bits per heavy atom. The second-order valence-electron chi connectivity index (χ2n) is 4.99. The number of ether oxygens (including phenoxy) is 1. The van der Waals surface area contributed by atoms with E-state index in [4.69, 9.17) is 4.74 Å². The van der Waals surface area contributed by atoms with E-state index in [0.29, 0.717) is 24.6 Å². The van der Waals surface area contributed by atoms with E-state index in [1.807, 2.05) is 4.90 Å². The lowest BCUT2D eigenvalue weighted by molar-refractivity contribution is -0.148. The van der Waals surface area contributed by atoms with Crippen LogP contribution in [0.5, 0.6) is 0 Å². The van der Waals surface area contributed by atoms with Crippen LogP contribution in [0.25, 0.3) is 5.78 Å². The number of fused-ring (bicyclic) bond motifs is 1. The molecule has 8 nitrogen and oxygen atoms in total. The minimum atomic E-state index is -0.246. The first kappa shape index (κ1) is 13.7. The van der Waals surface area contributed by atoms with E-state index in [1.54, 1.807) is 6.92 Å². The van der Waals surface area contributed by atoms with Gasteiger partial charge in [-0.05, 0) is 26.3 Å². The van der Waals surface area contributed by atoms with Gasteiger partial charge < -0.3 is 4.74 Å². The lowest BCUT2D eigenvalue weighted by Gasteiger charge is -2.22. The summed E-state index contributed by atoms with van der Waals surface area (Å²) in [5.74, 6) is 0.136. The van der Waals surface area contributed by atoms with Crippen LogP contribution in [0.3, 0.4) is 0 Å². The average Bonchev–Trinajstić information content (AvgIpc) is 3.08. The van der Waals surface area contributed by atoms with Crippen LogP contribution in [0.4, 0.5) is 0 Å². The quantitative estimate of drug-likeness (QED) is 0.794. The summed E-state index contributed by atoms with van der Waals surface area (Å²) in [5, 5.41) is 2.70. The molecular formula is C13H17N5O3. The Hall–Kier alpha value is -2.22. The maximum atomic E-state index is 11.9. The zero-order chi connectivity index (χ0) is 14.8. The Morgan fingerprint density at radius 1 is 1.57 bits per heavy atom. The molecule has 1 aliphatic rings. The molecule has 0 saturated carbocycles. The molecule has 0 aliphatic carbocycles. The largest absolute Gasteiger partial charge is 0.465 e. The fourth-order valence-electron chi connectivity index (χ4n) is 2.68. The van der Waals surface area contributed by atoms with Crippen LogP contribution in [-0.2, 0) is 16.1 Å². The maximum Gasteiger partial charge on any atom is 0.323 e. The Balaban J connectivity index is 1.80. The van der Waals surface area contributed by atoms with Gasteiger partial charge in [-0.3, -0.25) is 19.6 Å². The molecular weight excluding hydrogens is 274 g/mol. The molecule has 2 aromatic heterocycles. The number of aromatic amines is 1. The molecule has 8 heteroatoms. The van der Waals surface area contributed by atoms with Gasteiger partial charge in [0.25, 0.3) is 11.3 Å². The van der Waals surface area contributed by atoms with E-state index in [-0.39, 0.29) is 17.6 Å². The van der Waals surface area contributed by atoms with E-state index in [0.717, 1.165) is 19.4 Å². The van der Waals surface area contributed by atoms with E-state index in [1.165, 1.54) is 16.9 Å². The molecule has 0 bridgehead atoms. The van der Waals surface area contributed by atoms with Crippen LogP contribution in [0, 0.1) is 0 Å². The number of nitrogens with one attached hydrogen (secondary N) is 1. The van der Waals surface area contributed by atoms with Crippen molar-refractivity contribution in [3.63, 3.8) is 0 Å². The summed E-state index contributed by atoms with van der Waals surface area (Å²) >= 11 is 0. The lowest BCUT2D eigenvalue weighted by atomic mass is 10.2. The van der Waals surface area contributed by atoms with Gasteiger partial charge in [-0.15, -0.1) is 0 Å². The minimum Gasteiger partial charge on any atom is -0.465 e. The maximum absolute atomic E-state index is 11.9. The summed E-state index contributed by atoms with van der Waals surface area (Å²) in [7, 11) is 0. The van der Waals surface area contributed by atoms with Crippen molar-refractivity contribution in [2.75, 3.05) is 13.2 Å². The number of aromatic nitrogens is 4. The zero-order valence-electron chi connectivity index (χ0n) is 11.8. The molecule has 1 atom stereocenters. The van der Waals surface area contributed by atoms with Gasteiger partial charge in [0.05, 0.1) is 12.3 Å². The van der Waals surface area contributed by atoms with Gasteiger partial charge >= 0.3 is 5.97 Å². The summed E-state index contributed by atoms with van der Waals surface area (Å²) < 4.78 is 6.37. The molecule has 1 fully saturated rings. The molecule has 0 amide bonds. The van der Waals surface area contributed by atoms with Crippen LogP contribution in [0.15, 0.2) is 17.2 Å². The highest BCUT2D eigenvalue weighted by molar-refractivity contribution is 5.76. The normalized spacial score (nSPS) is 19.2. The van der Waals surface area contributed by atoms with Crippen LogP contribution in [-0.4, -0.2) is 49.6 Å². The van der Waals surface area contributed by atoms with E-state index >= 15 is 0 Å². The lowest BCUT2D eigenvalue weighted by Crippen LogP contribution is -2.37. The first-order valence-corrected chi connectivity index (χ1v) is 7.02. The van der Waals surface area contributed by atoms with Gasteiger partial charge in [-0.25, -0.2) is 9.97 Å². The summed E-state index contributed by atoms with van der Waals surface area (Å²) in [5.41, 5.74) is 0.405. The second kappa shape index (κ2) is 5.65. The summed E-state index contributed by atoms with van der Waals surface area (Å²) in [6.07, 6.45) is 3.14. The predicted octanol–water partition coefficient (Wildman–Crippen LogP) is -0.0549. The van der Waals surface area contributed by atoms with Gasteiger partial charge in [0.15, 0.2) is 0 Å². The monoisotopic (exact) mass is 291 g/mol. The molecule has 1 unspecified atom stereocenters. The molecule has 0 radical (unpaired) electrons. The second-order valence-corrected chi connectivity index (χ2v) is 4.99. The van der Waals surface area contributed by atoms with Crippen molar-refractivity contribution in [1.82, 2.24) is 24.5 Å². The molecule has 21 heavy (non-hydrogen) atoms. The summed E-state index contributed by atoms with van der Waals surface area (Å²) in [6, 6.07) is 1.22. The number of rotatable bonds is 4. The molecule has 112 valence electrons. The third-order valence-electron chi connectivity index (χ3n) is 3.61. The molecule has 0 spiro atoms. The Labute approximate surface area is 120 Å². The van der Waals surface area contributed by atoms with Gasteiger partial charge in [0.1, 0.15) is 12.4 Å². The third-order valence-corrected chi connectivity index (χ3v) is 3.61. The molecule has 3 heterocycles. The smallest absolute Gasteiger partial charge is 0.323 e.